The standard InChI is InChI=1S/C15H14ClNO2/c1-9-8-11(6-7-12(9)16)15(19)17-13-4-3-5-14(18)10(13)2/h3-8,18H,1-2H3,(H,17,19). The number of rotatable bonds is 2. The normalized spacial score (nSPS) is 10.3. The fourth-order valence-corrected chi connectivity index (χ4v) is 1.86. The van der Waals surface area contributed by atoms with E-state index in [9.17, 15) is 9.90 Å². The van der Waals surface area contributed by atoms with Crippen LogP contribution in [0.25, 0.3) is 0 Å². The van der Waals surface area contributed by atoms with Gasteiger partial charge in [-0.3, -0.25) is 4.79 Å². The Morgan fingerprint density at radius 2 is 1.95 bits per heavy atom. The first-order valence-electron chi connectivity index (χ1n) is 5.85. The average molecular weight is 276 g/mol. The number of carbonyl (C=O) groups excluding carboxylic acids is 1. The monoisotopic (exact) mass is 275 g/mol. The molecule has 1 amide bonds. The van der Waals surface area contributed by atoms with E-state index in [2.05, 4.69) is 5.32 Å². The van der Waals surface area contributed by atoms with E-state index in [1.165, 1.54) is 0 Å². The van der Waals surface area contributed by atoms with E-state index in [1.807, 2.05) is 6.92 Å². The molecule has 0 saturated heterocycles. The lowest BCUT2D eigenvalue weighted by atomic mass is 10.1. The number of carbonyl (C=O) groups is 1. The number of benzene rings is 2. The minimum absolute atomic E-state index is 0.157. The largest absolute Gasteiger partial charge is 0.508 e. The predicted octanol–water partition coefficient (Wildman–Crippen LogP) is 3.91. The predicted molar refractivity (Wildman–Crippen MR) is 77.0 cm³/mol. The molecule has 0 aliphatic carbocycles. The summed E-state index contributed by atoms with van der Waals surface area (Å²) >= 11 is 5.93. The van der Waals surface area contributed by atoms with Crippen molar-refractivity contribution in [1.29, 1.82) is 0 Å². The van der Waals surface area contributed by atoms with Crippen LogP contribution in [0.15, 0.2) is 36.4 Å². The summed E-state index contributed by atoms with van der Waals surface area (Å²) in [6, 6.07) is 10.1. The maximum absolute atomic E-state index is 12.1. The topological polar surface area (TPSA) is 49.3 Å². The highest BCUT2D eigenvalue weighted by Crippen LogP contribution is 2.24. The van der Waals surface area contributed by atoms with Gasteiger partial charge in [0, 0.05) is 21.8 Å². The molecular formula is C15H14ClNO2. The van der Waals surface area contributed by atoms with Gasteiger partial charge in [0.2, 0.25) is 0 Å². The molecule has 0 saturated carbocycles. The summed E-state index contributed by atoms with van der Waals surface area (Å²) in [6.45, 7) is 3.59. The molecule has 4 heteroatoms. The molecular weight excluding hydrogens is 262 g/mol. The zero-order valence-electron chi connectivity index (χ0n) is 10.7. The van der Waals surface area contributed by atoms with Gasteiger partial charge in [-0.15, -0.1) is 0 Å². The Labute approximate surface area is 116 Å². The molecule has 0 radical (unpaired) electrons. The molecule has 0 atom stereocenters. The maximum Gasteiger partial charge on any atom is 0.255 e. The minimum atomic E-state index is -0.228. The van der Waals surface area contributed by atoms with Gasteiger partial charge in [0.05, 0.1) is 0 Å². The highest BCUT2D eigenvalue weighted by molar-refractivity contribution is 6.31. The molecule has 2 rings (SSSR count). The molecule has 0 aliphatic heterocycles. The summed E-state index contributed by atoms with van der Waals surface area (Å²) in [5.74, 6) is -0.0708. The van der Waals surface area contributed by atoms with Gasteiger partial charge in [0.15, 0.2) is 0 Å². The zero-order valence-corrected chi connectivity index (χ0v) is 11.5. The van der Waals surface area contributed by atoms with Crippen LogP contribution in [0.4, 0.5) is 5.69 Å². The van der Waals surface area contributed by atoms with Gasteiger partial charge in [0.1, 0.15) is 5.75 Å². The van der Waals surface area contributed by atoms with Crippen LogP contribution in [0.5, 0.6) is 5.75 Å². The number of phenolic OH excluding ortho intramolecular Hbond substituents is 1. The molecule has 19 heavy (non-hydrogen) atoms. The van der Waals surface area contributed by atoms with Crippen molar-refractivity contribution in [1.82, 2.24) is 0 Å². The van der Waals surface area contributed by atoms with Gasteiger partial charge < -0.3 is 10.4 Å². The lowest BCUT2D eigenvalue weighted by molar-refractivity contribution is 0.102. The lowest BCUT2D eigenvalue weighted by Gasteiger charge is -2.10. The van der Waals surface area contributed by atoms with Gasteiger partial charge >= 0.3 is 0 Å². The van der Waals surface area contributed by atoms with E-state index in [0.29, 0.717) is 21.8 Å². The second-order valence-electron chi connectivity index (χ2n) is 4.37. The fraction of sp³-hybridized carbons (Fsp3) is 0.133. The van der Waals surface area contributed by atoms with E-state index < -0.39 is 0 Å². The third-order valence-electron chi connectivity index (χ3n) is 2.97. The number of anilines is 1. The Bertz CT molecular complexity index is 638. The van der Waals surface area contributed by atoms with Crippen molar-refractivity contribution in [2.75, 3.05) is 5.32 Å². The van der Waals surface area contributed by atoms with Crippen LogP contribution >= 0.6 is 11.6 Å². The summed E-state index contributed by atoms with van der Waals surface area (Å²) in [4.78, 5) is 12.1. The number of amides is 1. The van der Waals surface area contributed by atoms with Crippen molar-refractivity contribution >= 4 is 23.2 Å². The number of halogens is 1. The summed E-state index contributed by atoms with van der Waals surface area (Å²) in [5, 5.41) is 13.0. The first kappa shape index (κ1) is 13.4. The number of aromatic hydroxyl groups is 1. The minimum Gasteiger partial charge on any atom is -0.508 e. The van der Waals surface area contributed by atoms with E-state index >= 15 is 0 Å². The first-order valence-corrected chi connectivity index (χ1v) is 6.23. The highest BCUT2D eigenvalue weighted by atomic mass is 35.5. The zero-order chi connectivity index (χ0) is 14.0. The Balaban J connectivity index is 2.26. The summed E-state index contributed by atoms with van der Waals surface area (Å²) < 4.78 is 0. The maximum atomic E-state index is 12.1. The Morgan fingerprint density at radius 3 is 2.63 bits per heavy atom. The van der Waals surface area contributed by atoms with Crippen molar-refractivity contribution in [3.63, 3.8) is 0 Å². The van der Waals surface area contributed by atoms with Gasteiger partial charge in [-0.25, -0.2) is 0 Å². The van der Waals surface area contributed by atoms with Crippen LogP contribution in [-0.2, 0) is 0 Å². The van der Waals surface area contributed by atoms with Crippen LogP contribution in [0.3, 0.4) is 0 Å². The number of hydrogen-bond donors (Lipinski definition) is 2. The Morgan fingerprint density at radius 1 is 1.21 bits per heavy atom. The van der Waals surface area contributed by atoms with Gasteiger partial charge in [-0.1, -0.05) is 17.7 Å². The van der Waals surface area contributed by atoms with E-state index in [-0.39, 0.29) is 11.7 Å². The molecule has 3 nitrogen and oxygen atoms in total. The number of aryl methyl sites for hydroxylation is 1. The van der Waals surface area contributed by atoms with Crippen LogP contribution in [0.1, 0.15) is 21.5 Å². The third kappa shape index (κ3) is 2.88. The molecule has 2 aromatic carbocycles. The second-order valence-corrected chi connectivity index (χ2v) is 4.77. The number of hydrogen-bond acceptors (Lipinski definition) is 2. The number of phenols is 1. The van der Waals surface area contributed by atoms with Crippen LogP contribution < -0.4 is 5.32 Å². The van der Waals surface area contributed by atoms with Gasteiger partial charge in [-0.2, -0.15) is 0 Å². The summed E-state index contributed by atoms with van der Waals surface area (Å²) in [6.07, 6.45) is 0. The first-order chi connectivity index (χ1) is 8.99. The van der Waals surface area contributed by atoms with Crippen molar-refractivity contribution in [3.05, 3.63) is 58.1 Å². The smallest absolute Gasteiger partial charge is 0.255 e. The van der Waals surface area contributed by atoms with Crippen LogP contribution in [0, 0.1) is 13.8 Å². The molecule has 0 spiro atoms. The quantitative estimate of drug-likeness (QED) is 0.873. The average Bonchev–Trinajstić information content (AvgIpc) is 2.38. The highest BCUT2D eigenvalue weighted by Gasteiger charge is 2.10. The second kappa shape index (κ2) is 5.33. The third-order valence-corrected chi connectivity index (χ3v) is 3.40. The van der Waals surface area contributed by atoms with E-state index in [0.717, 1.165) is 5.56 Å². The van der Waals surface area contributed by atoms with Crippen LogP contribution in [0.2, 0.25) is 5.02 Å². The molecule has 0 fully saturated rings. The molecule has 0 aliphatic rings. The fourth-order valence-electron chi connectivity index (χ4n) is 1.74. The van der Waals surface area contributed by atoms with Crippen molar-refractivity contribution in [2.24, 2.45) is 0 Å². The number of nitrogens with one attached hydrogen (secondary N) is 1. The van der Waals surface area contributed by atoms with Crippen molar-refractivity contribution in [3.8, 4) is 5.75 Å². The molecule has 2 aromatic rings. The van der Waals surface area contributed by atoms with E-state index in [1.54, 1.807) is 43.3 Å². The van der Waals surface area contributed by atoms with Crippen molar-refractivity contribution in [2.45, 2.75) is 13.8 Å². The van der Waals surface area contributed by atoms with Crippen molar-refractivity contribution < 1.29 is 9.90 Å². The molecule has 98 valence electrons. The Hall–Kier alpha value is -2.00. The van der Waals surface area contributed by atoms with E-state index in [4.69, 9.17) is 11.6 Å². The Kier molecular flexibility index (Phi) is 3.76. The van der Waals surface area contributed by atoms with Gasteiger partial charge in [-0.05, 0) is 49.7 Å². The summed E-state index contributed by atoms with van der Waals surface area (Å²) in [5.41, 5.74) is 2.62. The van der Waals surface area contributed by atoms with Gasteiger partial charge in [0.25, 0.3) is 5.91 Å². The SMILES string of the molecule is Cc1cc(C(=O)Nc2cccc(O)c2C)ccc1Cl. The molecule has 0 bridgehead atoms. The molecule has 0 heterocycles. The molecule has 2 N–H and O–H groups in total. The van der Waals surface area contributed by atoms with Crippen LogP contribution in [-0.4, -0.2) is 11.0 Å². The summed E-state index contributed by atoms with van der Waals surface area (Å²) in [7, 11) is 0. The lowest BCUT2D eigenvalue weighted by Crippen LogP contribution is -2.12. The molecule has 0 aromatic heterocycles. The molecule has 0 unspecified atom stereocenters.